The van der Waals surface area contributed by atoms with Gasteiger partial charge in [0.1, 0.15) is 0 Å². The van der Waals surface area contributed by atoms with Crippen LogP contribution in [-0.4, -0.2) is 31.9 Å². The number of hydrogen-bond donors (Lipinski definition) is 2. The zero-order valence-corrected chi connectivity index (χ0v) is 71.4. The predicted molar refractivity (Wildman–Crippen MR) is 458 cm³/mol. The number of aliphatic imine (C=N–C) groups is 1. The number of hydrogen-bond acceptors (Lipinski definition) is 5. The molecular formula is C95H143N5OS. The van der Waals surface area contributed by atoms with Crippen molar-refractivity contribution in [2.75, 3.05) is 0 Å². The van der Waals surface area contributed by atoms with Gasteiger partial charge in [0.05, 0.1) is 10.4 Å². The second-order valence-electron chi connectivity index (χ2n) is 39.5. The van der Waals surface area contributed by atoms with E-state index in [0.717, 1.165) is 29.0 Å². The lowest BCUT2D eigenvalue weighted by atomic mass is 9.77. The Morgan fingerprint density at radius 1 is 0.451 bits per heavy atom. The molecule has 2 N–H and O–H groups in total. The van der Waals surface area contributed by atoms with Gasteiger partial charge in [-0.1, -0.05) is 350 Å². The average molecular weight is 1400 g/mol. The Bertz CT molecular complexity index is 3630. The number of aromatic nitrogens is 4. The van der Waals surface area contributed by atoms with E-state index in [4.69, 9.17) is 0 Å². The number of rotatable bonds is 2. The number of ketones is 1. The number of thiazole rings is 1. The molecule has 12 rings (SSSR count). The Labute approximate surface area is 629 Å². The SMILES string of the molecule is C1=NC=C(c2ccccc2)C1.CC(C)(C)C.CC(C)(C)C.CC(C)(C)C.CC(C)(C)C.CC(C)(C)C.CC(C)(C)C.CC(C)(C)C1=Cc2ccncc2CC1=O.CC(C)(C)C1CCc2ccccc21.CC(C)(C)c1cc2ccccc2[nH]1.c1ccc(-c2cncs2)cc1.c1ccc2[nH]ccc2c1. The van der Waals surface area contributed by atoms with Crippen molar-refractivity contribution in [3.63, 3.8) is 0 Å². The summed E-state index contributed by atoms with van der Waals surface area (Å²) in [6, 6.07) is 52.4. The summed E-state index contributed by atoms with van der Waals surface area (Å²) in [5.41, 5.74) is 19.2. The van der Waals surface area contributed by atoms with Crippen molar-refractivity contribution in [3.05, 3.63) is 227 Å². The summed E-state index contributed by atoms with van der Waals surface area (Å²) >= 11 is 1.66. The smallest absolute Gasteiger partial charge is 0.163 e. The van der Waals surface area contributed by atoms with Crippen LogP contribution in [-0.2, 0) is 23.1 Å². The van der Waals surface area contributed by atoms with Crippen LogP contribution in [0.5, 0.6) is 0 Å². The molecule has 6 nitrogen and oxygen atoms in total. The molecule has 5 heterocycles. The molecule has 1 aliphatic heterocycles. The number of Topliss-reactive ketones (excluding diaryl/α,β-unsaturated/α-hetero) is 1. The zero-order valence-electron chi connectivity index (χ0n) is 70.6. The molecule has 0 fully saturated rings. The summed E-state index contributed by atoms with van der Waals surface area (Å²) < 4.78 is 0. The van der Waals surface area contributed by atoms with Crippen LogP contribution in [0, 0.1) is 43.3 Å². The number of nitrogens with one attached hydrogen (secondary N) is 2. The lowest BCUT2D eigenvalue weighted by Gasteiger charge is -2.27. The van der Waals surface area contributed by atoms with Crippen molar-refractivity contribution in [1.82, 2.24) is 19.9 Å². The summed E-state index contributed by atoms with van der Waals surface area (Å²) in [5, 5.41) is 2.57. The number of aryl methyl sites for hydroxylation is 1. The van der Waals surface area contributed by atoms with Crippen LogP contribution >= 0.6 is 11.3 Å². The minimum Gasteiger partial charge on any atom is -0.361 e. The minimum atomic E-state index is -0.0714. The highest BCUT2D eigenvalue weighted by Crippen LogP contribution is 2.44. The van der Waals surface area contributed by atoms with Crippen LogP contribution < -0.4 is 0 Å². The first-order chi connectivity index (χ1) is 46.5. The summed E-state index contributed by atoms with van der Waals surface area (Å²) in [5.74, 6) is 0.992. The van der Waals surface area contributed by atoms with Crippen LogP contribution in [0.3, 0.4) is 0 Å². The first-order valence-electron chi connectivity index (χ1n) is 37.1. The molecule has 9 aromatic rings. The maximum absolute atomic E-state index is 11.9. The molecule has 1 atom stereocenters. The third-order valence-corrected chi connectivity index (χ3v) is 13.8. The third-order valence-electron chi connectivity index (χ3n) is 13.0. The first kappa shape index (κ1) is 92.8. The van der Waals surface area contributed by atoms with Gasteiger partial charge >= 0.3 is 0 Å². The molecule has 3 aliphatic rings. The molecule has 0 spiro atoms. The highest BCUT2D eigenvalue weighted by molar-refractivity contribution is 7.13. The number of nitrogens with zero attached hydrogens (tertiary/aromatic N) is 3. The van der Waals surface area contributed by atoms with Crippen molar-refractivity contribution < 1.29 is 4.79 Å². The molecule has 2 aliphatic carbocycles. The Balaban J connectivity index is 0.000000570. The van der Waals surface area contributed by atoms with Gasteiger partial charge in [-0.25, -0.2) is 0 Å². The third kappa shape index (κ3) is 47.9. The summed E-state index contributed by atoms with van der Waals surface area (Å²) in [6.45, 7) is 72.4. The van der Waals surface area contributed by atoms with E-state index in [1.54, 1.807) is 34.9 Å². The Morgan fingerprint density at radius 3 is 1.35 bits per heavy atom. The number of pyridine rings is 1. The van der Waals surface area contributed by atoms with Crippen molar-refractivity contribution in [2.45, 2.75) is 265 Å². The number of carbonyl (C=O) groups excluding carboxylic acids is 1. The number of benzene rings is 5. The number of H-pyrrole nitrogens is 2. The fourth-order valence-electron chi connectivity index (χ4n) is 8.95. The largest absolute Gasteiger partial charge is 0.361 e. The molecule has 7 heteroatoms. The van der Waals surface area contributed by atoms with Crippen LogP contribution in [0.15, 0.2) is 199 Å². The number of carbonyl (C=O) groups is 1. The number of aromatic amines is 2. The number of para-hydroxylation sites is 2. The molecule has 0 saturated heterocycles. The molecule has 0 saturated carbocycles. The van der Waals surface area contributed by atoms with Crippen LogP contribution in [0.1, 0.15) is 281 Å². The van der Waals surface area contributed by atoms with Gasteiger partial charge in [-0.15, -0.1) is 11.3 Å². The Morgan fingerprint density at radius 2 is 0.912 bits per heavy atom. The molecular weight excluding hydrogens is 1260 g/mol. The molecule has 4 aromatic heterocycles. The minimum absolute atomic E-state index is 0.0714. The van der Waals surface area contributed by atoms with Gasteiger partial charge in [0.25, 0.3) is 0 Å². The van der Waals surface area contributed by atoms with Gasteiger partial charge in [-0.3, -0.25) is 19.8 Å². The molecule has 560 valence electrons. The average Bonchev–Trinajstić information content (AvgIpc) is 1.43. The molecule has 102 heavy (non-hydrogen) atoms. The highest BCUT2D eigenvalue weighted by atomic mass is 32.1. The van der Waals surface area contributed by atoms with Gasteiger partial charge in [0.2, 0.25) is 0 Å². The van der Waals surface area contributed by atoms with Crippen LogP contribution in [0.2, 0.25) is 0 Å². The maximum atomic E-state index is 11.9. The molecule has 0 amide bonds. The van der Waals surface area contributed by atoms with E-state index in [1.807, 2.05) is 78.9 Å². The van der Waals surface area contributed by atoms with Crippen molar-refractivity contribution in [2.24, 2.45) is 48.3 Å². The van der Waals surface area contributed by atoms with Crippen LogP contribution in [0.4, 0.5) is 0 Å². The van der Waals surface area contributed by atoms with Crippen molar-refractivity contribution in [1.29, 1.82) is 0 Å². The number of allylic oxidation sites excluding steroid dienone is 2. The maximum Gasteiger partial charge on any atom is 0.163 e. The molecule has 5 aromatic carbocycles. The Hall–Kier alpha value is -7.22. The predicted octanol–water partition coefficient (Wildman–Crippen LogP) is 29.7. The topological polar surface area (TPSA) is 86.8 Å². The fourth-order valence-corrected chi connectivity index (χ4v) is 9.58. The lowest BCUT2D eigenvalue weighted by molar-refractivity contribution is -0.115. The van der Waals surface area contributed by atoms with E-state index >= 15 is 0 Å². The van der Waals surface area contributed by atoms with E-state index < -0.39 is 0 Å². The zero-order chi connectivity index (χ0) is 78.1. The molecule has 0 radical (unpaired) electrons. The van der Waals surface area contributed by atoms with Crippen molar-refractivity contribution in [3.8, 4) is 10.4 Å². The van der Waals surface area contributed by atoms with Gasteiger partial charge in [0.15, 0.2) is 5.78 Å². The number of fused-ring (bicyclic) bond motifs is 4. The quantitative estimate of drug-likeness (QED) is 0.181. The summed E-state index contributed by atoms with van der Waals surface area (Å²) in [7, 11) is 0. The summed E-state index contributed by atoms with van der Waals surface area (Å²) in [6.07, 6.45) is 17.3. The molecule has 1 unspecified atom stereocenters. The highest BCUT2D eigenvalue weighted by Gasteiger charge is 2.32. The monoisotopic (exact) mass is 1400 g/mol. The normalized spacial score (nSPS) is 13.8. The van der Waals surface area contributed by atoms with Gasteiger partial charge < -0.3 is 9.97 Å². The van der Waals surface area contributed by atoms with E-state index in [0.29, 0.717) is 44.3 Å². The van der Waals surface area contributed by atoms with Gasteiger partial charge in [0, 0.05) is 77.8 Å². The van der Waals surface area contributed by atoms with Gasteiger partial charge in [-0.2, -0.15) is 0 Å². The molecule has 0 bridgehead atoms. The van der Waals surface area contributed by atoms with E-state index in [1.165, 1.54) is 61.9 Å². The van der Waals surface area contributed by atoms with Gasteiger partial charge in [-0.05, 0) is 148 Å². The first-order valence-corrected chi connectivity index (χ1v) is 38.0. The van der Waals surface area contributed by atoms with E-state index in [2.05, 4.69) is 363 Å². The van der Waals surface area contributed by atoms with E-state index in [-0.39, 0.29) is 16.6 Å². The van der Waals surface area contributed by atoms with E-state index in [9.17, 15) is 4.79 Å². The fraction of sp³-hybridized carbons (Fsp3) is 0.495. The lowest BCUT2D eigenvalue weighted by Crippen LogP contribution is -2.22. The Kier molecular flexibility index (Phi) is 38.7. The second kappa shape index (κ2) is 42.5. The van der Waals surface area contributed by atoms with Crippen molar-refractivity contribution >= 4 is 56.8 Å². The summed E-state index contributed by atoms with van der Waals surface area (Å²) in [4.78, 5) is 31.8. The van der Waals surface area contributed by atoms with Crippen LogP contribution in [0.25, 0.3) is 43.9 Å². The second-order valence-corrected chi connectivity index (χ2v) is 40.4. The standard InChI is InChI=1S/C13H15NO.C13H18.C12H15N.C10H9N.C9H7NS.C8H7N.6C5H12/c1-13(2,3)11-6-9-4-5-14-8-10(9)7-12(11)15;1-13(2,3)12-9-8-10-6-4-5-7-11(10)12;1-12(2,3)11-8-9-6-4-5-7-10(9)13-11;1-2-4-9(5-3-1)10-6-7-11-8-10;1-2-4-8(5-3-1)9-6-10-7-11-9;1-2-4-8-7(3-1)5-6-9-8;6*1-5(2,3)4/h4-6,8H,7H2,1-3H3;4-7,12H,8-9H2,1-3H3;4-8,13H,1-3H3;1-5,7-8H,6H2;1-7H;1-6,9H;6*1-4H3.